The predicted octanol–water partition coefficient (Wildman–Crippen LogP) is 5.80. The minimum absolute atomic E-state index is 0.0244. The third kappa shape index (κ3) is 5.61. The number of nitrogens with zero attached hydrogens (tertiary/aromatic N) is 1. The summed E-state index contributed by atoms with van der Waals surface area (Å²) in [5.41, 5.74) is 3.90. The normalized spacial score (nSPS) is 19.5. The predicted molar refractivity (Wildman–Crippen MR) is 135 cm³/mol. The van der Waals surface area contributed by atoms with Gasteiger partial charge in [0.1, 0.15) is 11.9 Å². The van der Waals surface area contributed by atoms with Gasteiger partial charge >= 0.3 is 0 Å². The first-order valence-corrected chi connectivity index (χ1v) is 12.6. The van der Waals surface area contributed by atoms with Crippen LogP contribution in [0.4, 0.5) is 4.39 Å². The van der Waals surface area contributed by atoms with Crippen molar-refractivity contribution in [2.75, 3.05) is 13.1 Å². The molecule has 35 heavy (non-hydrogen) atoms. The average Bonchev–Trinajstić information content (AvgIpc) is 3.63. The second-order valence-electron chi connectivity index (χ2n) is 9.73. The summed E-state index contributed by atoms with van der Waals surface area (Å²) >= 11 is 0. The van der Waals surface area contributed by atoms with Crippen LogP contribution in [-0.4, -0.2) is 35.8 Å². The van der Waals surface area contributed by atoms with E-state index in [2.05, 4.69) is 5.32 Å². The molecule has 0 bridgehead atoms. The number of likely N-dealkylation sites (tertiary alicyclic amines) is 1. The molecule has 3 atom stereocenters. The molecule has 4 nitrogen and oxygen atoms in total. The van der Waals surface area contributed by atoms with Gasteiger partial charge in [0.2, 0.25) is 5.91 Å². The summed E-state index contributed by atoms with van der Waals surface area (Å²) in [6.45, 7) is 1.54. The fourth-order valence-electron chi connectivity index (χ4n) is 4.97. The Bertz CT molecular complexity index is 1160. The van der Waals surface area contributed by atoms with E-state index in [1.54, 1.807) is 0 Å². The summed E-state index contributed by atoms with van der Waals surface area (Å²) in [6, 6.07) is 23.9. The quantitative estimate of drug-likeness (QED) is 0.430. The van der Waals surface area contributed by atoms with E-state index in [-0.39, 0.29) is 17.6 Å². The van der Waals surface area contributed by atoms with E-state index < -0.39 is 6.04 Å². The molecule has 1 saturated heterocycles. The molecular weight excluding hydrogens is 439 g/mol. The maximum atomic E-state index is 13.2. The summed E-state index contributed by atoms with van der Waals surface area (Å²) in [4.78, 5) is 27.8. The first kappa shape index (κ1) is 23.3. The minimum Gasteiger partial charge on any atom is -0.341 e. The Balaban J connectivity index is 1.17. The maximum absolute atomic E-state index is 13.2. The van der Waals surface area contributed by atoms with Crippen LogP contribution in [0.15, 0.2) is 78.9 Å². The zero-order valence-electron chi connectivity index (χ0n) is 19.8. The largest absolute Gasteiger partial charge is 0.341 e. The van der Waals surface area contributed by atoms with Crippen molar-refractivity contribution >= 4 is 11.8 Å². The molecule has 2 aliphatic rings. The molecule has 3 aromatic carbocycles. The van der Waals surface area contributed by atoms with Crippen LogP contribution in [0.3, 0.4) is 0 Å². The van der Waals surface area contributed by atoms with Gasteiger partial charge in [0, 0.05) is 18.7 Å². The van der Waals surface area contributed by atoms with Crippen LogP contribution in [0, 0.1) is 11.7 Å². The third-order valence-corrected chi connectivity index (χ3v) is 7.31. The molecule has 2 amide bonds. The van der Waals surface area contributed by atoms with Gasteiger partial charge in [-0.05, 0) is 78.5 Å². The topological polar surface area (TPSA) is 49.4 Å². The summed E-state index contributed by atoms with van der Waals surface area (Å²) in [6.07, 6.45) is 4.65. The Hall–Kier alpha value is -3.47. The lowest BCUT2D eigenvalue weighted by atomic mass is 10.0. The molecule has 0 radical (unpaired) electrons. The minimum atomic E-state index is -0.500. The smallest absolute Gasteiger partial charge is 0.251 e. The monoisotopic (exact) mass is 470 g/mol. The van der Waals surface area contributed by atoms with E-state index >= 15 is 0 Å². The summed E-state index contributed by atoms with van der Waals surface area (Å²) < 4.78 is 13.2. The number of amides is 2. The van der Waals surface area contributed by atoms with Crippen LogP contribution in [0.5, 0.6) is 0 Å². The zero-order valence-corrected chi connectivity index (χ0v) is 19.8. The highest BCUT2D eigenvalue weighted by atomic mass is 19.1. The highest BCUT2D eigenvalue weighted by Crippen LogP contribution is 2.50. The van der Waals surface area contributed by atoms with Gasteiger partial charge in [-0.15, -0.1) is 0 Å². The van der Waals surface area contributed by atoms with Gasteiger partial charge < -0.3 is 10.2 Å². The van der Waals surface area contributed by atoms with Crippen LogP contribution in [0.1, 0.15) is 53.9 Å². The average molecular weight is 471 g/mol. The molecule has 0 spiro atoms. The SMILES string of the molecule is O=C(N[C@@H](CCC[C@@H]1C[C@H]1c1ccc(F)cc1)C(=O)N1CCC1)c1ccc(-c2ccccc2)cc1. The van der Waals surface area contributed by atoms with E-state index in [9.17, 15) is 14.0 Å². The van der Waals surface area contributed by atoms with Gasteiger partial charge in [0.25, 0.3) is 5.91 Å². The van der Waals surface area contributed by atoms with E-state index in [0.717, 1.165) is 49.9 Å². The second kappa shape index (κ2) is 10.4. The lowest BCUT2D eigenvalue weighted by Crippen LogP contribution is -2.53. The van der Waals surface area contributed by atoms with Crippen LogP contribution in [0.2, 0.25) is 0 Å². The van der Waals surface area contributed by atoms with Crippen LogP contribution >= 0.6 is 0 Å². The van der Waals surface area contributed by atoms with Gasteiger partial charge in [0.15, 0.2) is 0 Å². The number of carbonyl (C=O) groups is 2. The molecule has 0 unspecified atom stereocenters. The lowest BCUT2D eigenvalue weighted by Gasteiger charge is -2.34. The Morgan fingerprint density at radius 2 is 1.60 bits per heavy atom. The first-order valence-electron chi connectivity index (χ1n) is 12.6. The van der Waals surface area contributed by atoms with Gasteiger partial charge in [-0.3, -0.25) is 9.59 Å². The lowest BCUT2D eigenvalue weighted by molar-refractivity contribution is -0.136. The van der Waals surface area contributed by atoms with Crippen molar-refractivity contribution in [1.29, 1.82) is 0 Å². The molecular formula is C30H31FN2O2. The molecule has 1 heterocycles. The molecule has 1 aliphatic heterocycles. The van der Waals surface area contributed by atoms with Crippen molar-refractivity contribution in [2.45, 2.75) is 44.1 Å². The number of halogens is 1. The Kier molecular flexibility index (Phi) is 6.94. The van der Waals surface area contributed by atoms with E-state index in [1.807, 2.05) is 71.6 Å². The Morgan fingerprint density at radius 3 is 2.26 bits per heavy atom. The van der Waals surface area contributed by atoms with Crippen molar-refractivity contribution in [3.63, 3.8) is 0 Å². The Labute approximate surface area is 206 Å². The Morgan fingerprint density at radius 1 is 0.914 bits per heavy atom. The van der Waals surface area contributed by atoms with Crippen LogP contribution in [-0.2, 0) is 4.79 Å². The number of hydrogen-bond acceptors (Lipinski definition) is 2. The molecule has 0 aromatic heterocycles. The molecule has 1 N–H and O–H groups in total. The van der Waals surface area contributed by atoms with Gasteiger partial charge in [-0.25, -0.2) is 4.39 Å². The van der Waals surface area contributed by atoms with Crippen molar-refractivity contribution in [3.05, 3.63) is 95.8 Å². The van der Waals surface area contributed by atoms with E-state index in [4.69, 9.17) is 0 Å². The first-order chi connectivity index (χ1) is 17.1. The summed E-state index contributed by atoms with van der Waals surface area (Å²) in [7, 11) is 0. The maximum Gasteiger partial charge on any atom is 0.251 e. The standard InChI is InChI=1S/C30H31FN2O2/c31-26-16-14-23(15-17-26)27-20-25(27)8-4-9-28(30(35)33-18-5-19-33)32-29(34)24-12-10-22(11-13-24)21-6-2-1-3-7-21/h1-3,6-7,10-17,25,27-28H,4-5,8-9,18-20H2,(H,32,34)/t25-,27+,28+/m1/s1. The number of nitrogens with one attached hydrogen (secondary N) is 1. The fraction of sp³-hybridized carbons (Fsp3) is 0.333. The highest BCUT2D eigenvalue weighted by molar-refractivity contribution is 5.98. The fourth-order valence-corrected chi connectivity index (χ4v) is 4.97. The molecule has 1 aliphatic carbocycles. The summed E-state index contributed by atoms with van der Waals surface area (Å²) in [5.74, 6) is 0.665. The van der Waals surface area contributed by atoms with Crippen LogP contribution < -0.4 is 5.32 Å². The van der Waals surface area contributed by atoms with Gasteiger partial charge in [-0.1, -0.05) is 61.0 Å². The van der Waals surface area contributed by atoms with Crippen molar-refractivity contribution in [3.8, 4) is 11.1 Å². The van der Waals surface area contributed by atoms with Crippen molar-refractivity contribution in [1.82, 2.24) is 10.2 Å². The number of carbonyl (C=O) groups excluding carboxylic acids is 2. The third-order valence-electron chi connectivity index (χ3n) is 7.31. The van der Waals surface area contributed by atoms with E-state index in [0.29, 0.717) is 23.8 Å². The second-order valence-corrected chi connectivity index (χ2v) is 9.73. The number of rotatable bonds is 9. The molecule has 5 rings (SSSR count). The number of hydrogen-bond donors (Lipinski definition) is 1. The summed E-state index contributed by atoms with van der Waals surface area (Å²) in [5, 5.41) is 3.01. The molecule has 180 valence electrons. The van der Waals surface area contributed by atoms with Gasteiger partial charge in [-0.2, -0.15) is 0 Å². The molecule has 1 saturated carbocycles. The van der Waals surface area contributed by atoms with E-state index in [1.165, 1.54) is 17.7 Å². The molecule has 3 aromatic rings. The zero-order chi connectivity index (χ0) is 24.2. The molecule has 5 heteroatoms. The van der Waals surface area contributed by atoms with Gasteiger partial charge in [0.05, 0.1) is 0 Å². The molecule has 2 fully saturated rings. The van der Waals surface area contributed by atoms with Crippen molar-refractivity contribution in [2.24, 2.45) is 5.92 Å². The highest BCUT2D eigenvalue weighted by Gasteiger charge is 2.38. The van der Waals surface area contributed by atoms with Crippen molar-refractivity contribution < 1.29 is 14.0 Å². The van der Waals surface area contributed by atoms with Crippen LogP contribution in [0.25, 0.3) is 11.1 Å². The number of benzene rings is 3.